The van der Waals surface area contributed by atoms with Crippen molar-refractivity contribution in [2.24, 2.45) is 0 Å². The molecule has 0 saturated carbocycles. The summed E-state index contributed by atoms with van der Waals surface area (Å²) in [5.41, 5.74) is 2.84. The predicted molar refractivity (Wildman–Crippen MR) is 83.7 cm³/mol. The van der Waals surface area contributed by atoms with Crippen LogP contribution in [0.15, 0.2) is 24.3 Å². The zero-order valence-electron chi connectivity index (χ0n) is 12.9. The molecule has 1 aromatic carbocycles. The lowest BCUT2D eigenvalue weighted by atomic mass is 10.1. The van der Waals surface area contributed by atoms with Crippen LogP contribution in [0.5, 0.6) is 0 Å². The van der Waals surface area contributed by atoms with Gasteiger partial charge in [0.1, 0.15) is 0 Å². The molecule has 1 heterocycles. The van der Waals surface area contributed by atoms with E-state index in [4.69, 9.17) is 4.74 Å². The molecule has 0 aliphatic carbocycles. The van der Waals surface area contributed by atoms with Gasteiger partial charge in [-0.3, -0.25) is 4.90 Å². The molecule has 0 spiro atoms. The molecule has 1 N–H and O–H groups in total. The lowest BCUT2D eigenvalue weighted by molar-refractivity contribution is 0.0792. The molecule has 1 aliphatic heterocycles. The summed E-state index contributed by atoms with van der Waals surface area (Å²) in [7, 11) is 2.19. The van der Waals surface area contributed by atoms with E-state index in [-0.39, 0.29) is 0 Å². The van der Waals surface area contributed by atoms with Crippen LogP contribution >= 0.6 is 0 Å². The van der Waals surface area contributed by atoms with Crippen molar-refractivity contribution < 1.29 is 4.74 Å². The van der Waals surface area contributed by atoms with Crippen LogP contribution in [0.25, 0.3) is 0 Å². The monoisotopic (exact) mass is 276 g/mol. The Labute approximate surface area is 123 Å². The van der Waals surface area contributed by atoms with E-state index in [9.17, 15) is 0 Å². The van der Waals surface area contributed by atoms with Gasteiger partial charge in [-0.1, -0.05) is 31.2 Å². The third-order valence-corrected chi connectivity index (χ3v) is 3.84. The van der Waals surface area contributed by atoms with Gasteiger partial charge in [0.25, 0.3) is 0 Å². The van der Waals surface area contributed by atoms with Gasteiger partial charge in [0.05, 0.1) is 6.10 Å². The molecular weight excluding hydrogens is 248 g/mol. The van der Waals surface area contributed by atoms with Gasteiger partial charge in [-0.25, -0.2) is 0 Å². The van der Waals surface area contributed by atoms with Crippen molar-refractivity contribution in [3.63, 3.8) is 0 Å². The van der Waals surface area contributed by atoms with E-state index in [1.807, 2.05) is 0 Å². The van der Waals surface area contributed by atoms with E-state index in [1.54, 1.807) is 0 Å². The molecular formula is C17H28N2O. The van der Waals surface area contributed by atoms with Crippen molar-refractivity contribution in [2.45, 2.75) is 45.4 Å². The molecule has 0 aromatic heterocycles. The molecule has 2 rings (SSSR count). The minimum atomic E-state index is 0.436. The number of likely N-dealkylation sites (N-methyl/N-ethyl adjacent to an activating group) is 1. The molecule has 1 unspecified atom stereocenters. The van der Waals surface area contributed by atoms with Crippen molar-refractivity contribution in [1.82, 2.24) is 10.2 Å². The Morgan fingerprint density at radius 2 is 2.10 bits per heavy atom. The van der Waals surface area contributed by atoms with Crippen molar-refractivity contribution in [3.05, 3.63) is 35.4 Å². The third-order valence-electron chi connectivity index (χ3n) is 3.84. The number of nitrogens with one attached hydrogen (secondary N) is 1. The van der Waals surface area contributed by atoms with Crippen molar-refractivity contribution in [3.8, 4) is 0 Å². The second-order valence-electron chi connectivity index (χ2n) is 5.78. The Bertz CT molecular complexity index is 388. The fourth-order valence-corrected chi connectivity index (χ4v) is 2.78. The first-order valence-electron chi connectivity index (χ1n) is 7.87. The molecule has 1 atom stereocenters. The van der Waals surface area contributed by atoms with Crippen LogP contribution in [0.1, 0.15) is 37.3 Å². The van der Waals surface area contributed by atoms with E-state index in [0.29, 0.717) is 6.10 Å². The van der Waals surface area contributed by atoms with E-state index < -0.39 is 0 Å². The highest BCUT2D eigenvalue weighted by Crippen LogP contribution is 2.15. The van der Waals surface area contributed by atoms with E-state index in [1.165, 1.54) is 30.4 Å². The smallest absolute Gasteiger partial charge is 0.0702 e. The Morgan fingerprint density at radius 3 is 2.80 bits per heavy atom. The number of hydrogen-bond donors (Lipinski definition) is 1. The number of hydrogen-bond acceptors (Lipinski definition) is 3. The molecule has 1 aromatic rings. The van der Waals surface area contributed by atoms with Crippen LogP contribution in [-0.4, -0.2) is 37.7 Å². The summed E-state index contributed by atoms with van der Waals surface area (Å²) in [6.45, 7) is 7.24. The maximum Gasteiger partial charge on any atom is 0.0702 e. The number of benzene rings is 1. The maximum atomic E-state index is 5.72. The van der Waals surface area contributed by atoms with Gasteiger partial charge in [0, 0.05) is 26.2 Å². The summed E-state index contributed by atoms with van der Waals surface area (Å²) in [5, 5.41) is 3.49. The highest BCUT2D eigenvalue weighted by atomic mass is 16.5. The summed E-state index contributed by atoms with van der Waals surface area (Å²) in [6, 6.07) is 8.75. The van der Waals surface area contributed by atoms with E-state index in [2.05, 4.69) is 48.5 Å². The second kappa shape index (κ2) is 8.40. The van der Waals surface area contributed by atoms with Crippen LogP contribution in [0.4, 0.5) is 0 Å². The van der Waals surface area contributed by atoms with Crippen LogP contribution < -0.4 is 5.32 Å². The molecule has 0 bridgehead atoms. The predicted octanol–water partition coefficient (Wildman–Crippen LogP) is 2.80. The van der Waals surface area contributed by atoms with Crippen LogP contribution in [-0.2, 0) is 17.8 Å². The third kappa shape index (κ3) is 4.89. The maximum absolute atomic E-state index is 5.72. The highest BCUT2D eigenvalue weighted by Gasteiger charge is 2.17. The highest BCUT2D eigenvalue weighted by molar-refractivity contribution is 5.26. The van der Waals surface area contributed by atoms with E-state index >= 15 is 0 Å². The van der Waals surface area contributed by atoms with Crippen molar-refractivity contribution in [2.75, 3.05) is 26.7 Å². The van der Waals surface area contributed by atoms with Crippen LogP contribution in [0, 0.1) is 0 Å². The Morgan fingerprint density at radius 1 is 1.30 bits per heavy atom. The molecule has 0 amide bonds. The minimum Gasteiger partial charge on any atom is -0.377 e. The summed E-state index contributed by atoms with van der Waals surface area (Å²) in [4.78, 5) is 2.38. The molecule has 20 heavy (non-hydrogen) atoms. The second-order valence-corrected chi connectivity index (χ2v) is 5.78. The average Bonchev–Trinajstić information content (AvgIpc) is 2.93. The lowest BCUT2D eigenvalue weighted by Crippen LogP contribution is -2.29. The normalized spacial score (nSPS) is 18.9. The first-order chi connectivity index (χ1) is 9.79. The van der Waals surface area contributed by atoms with E-state index in [0.717, 1.165) is 32.8 Å². The molecule has 3 nitrogen and oxygen atoms in total. The van der Waals surface area contributed by atoms with Crippen LogP contribution in [0.3, 0.4) is 0 Å². The summed E-state index contributed by atoms with van der Waals surface area (Å²) in [6.07, 6.45) is 4.05. The summed E-state index contributed by atoms with van der Waals surface area (Å²) >= 11 is 0. The summed E-state index contributed by atoms with van der Waals surface area (Å²) in [5.74, 6) is 0. The topological polar surface area (TPSA) is 24.5 Å². The average molecular weight is 276 g/mol. The van der Waals surface area contributed by atoms with Gasteiger partial charge in [0.2, 0.25) is 0 Å². The van der Waals surface area contributed by atoms with Gasteiger partial charge >= 0.3 is 0 Å². The minimum absolute atomic E-state index is 0.436. The number of rotatable bonds is 8. The van der Waals surface area contributed by atoms with Gasteiger partial charge in [0.15, 0.2) is 0 Å². The lowest BCUT2D eigenvalue weighted by Gasteiger charge is -2.22. The molecule has 1 aliphatic rings. The molecule has 1 saturated heterocycles. The fraction of sp³-hybridized carbons (Fsp3) is 0.647. The number of ether oxygens (including phenoxy) is 1. The van der Waals surface area contributed by atoms with Crippen molar-refractivity contribution >= 4 is 0 Å². The van der Waals surface area contributed by atoms with Crippen molar-refractivity contribution in [1.29, 1.82) is 0 Å². The first-order valence-corrected chi connectivity index (χ1v) is 7.87. The Kier molecular flexibility index (Phi) is 6.51. The fourth-order valence-electron chi connectivity index (χ4n) is 2.78. The standard InChI is InChI=1S/C17H28N2O/c1-3-10-18-12-15-7-4-5-8-16(15)13-19(2)14-17-9-6-11-20-17/h4-5,7-8,17-18H,3,6,9-14H2,1-2H3. The number of nitrogens with zero attached hydrogens (tertiary/aromatic N) is 1. The molecule has 1 fully saturated rings. The zero-order valence-corrected chi connectivity index (χ0v) is 12.9. The van der Waals surface area contributed by atoms with Crippen LogP contribution in [0.2, 0.25) is 0 Å². The largest absolute Gasteiger partial charge is 0.377 e. The van der Waals surface area contributed by atoms with Gasteiger partial charge in [-0.15, -0.1) is 0 Å². The molecule has 3 heteroatoms. The molecule has 0 radical (unpaired) electrons. The SMILES string of the molecule is CCCNCc1ccccc1CN(C)CC1CCCO1. The van der Waals surface area contributed by atoms with Gasteiger partial charge < -0.3 is 10.1 Å². The summed E-state index contributed by atoms with van der Waals surface area (Å²) < 4.78 is 5.72. The van der Waals surface area contributed by atoms with Gasteiger partial charge in [-0.05, 0) is 44.0 Å². The Hall–Kier alpha value is -0.900. The quantitative estimate of drug-likeness (QED) is 0.739. The molecule has 112 valence electrons. The zero-order chi connectivity index (χ0) is 14.2. The Balaban J connectivity index is 1.86. The van der Waals surface area contributed by atoms with Gasteiger partial charge in [-0.2, -0.15) is 0 Å². The first kappa shape index (κ1) is 15.5.